The van der Waals surface area contributed by atoms with E-state index < -0.39 is 0 Å². The van der Waals surface area contributed by atoms with E-state index in [2.05, 4.69) is 17.1 Å². The molecule has 1 aromatic rings. The van der Waals surface area contributed by atoms with Crippen LogP contribution in [-0.2, 0) is 0 Å². The predicted molar refractivity (Wildman–Crippen MR) is 75.2 cm³/mol. The Morgan fingerprint density at radius 2 is 2.42 bits per heavy atom. The molecule has 0 aliphatic carbocycles. The van der Waals surface area contributed by atoms with E-state index in [0.717, 1.165) is 32.5 Å². The zero-order chi connectivity index (χ0) is 13.5. The van der Waals surface area contributed by atoms with Crippen LogP contribution >= 0.6 is 0 Å². The zero-order valence-electron chi connectivity index (χ0n) is 11.7. The Balaban J connectivity index is 1.76. The summed E-state index contributed by atoms with van der Waals surface area (Å²) in [6.07, 6.45) is 7.57. The summed E-state index contributed by atoms with van der Waals surface area (Å²) in [5, 5.41) is 3.07. The molecule has 0 bridgehead atoms. The Kier molecular flexibility index (Phi) is 5.45. The average molecular weight is 264 g/mol. The van der Waals surface area contributed by atoms with Crippen LogP contribution < -0.4 is 5.32 Å². The quantitative estimate of drug-likeness (QED) is 0.803. The highest BCUT2D eigenvalue weighted by Gasteiger charge is 2.22. The van der Waals surface area contributed by atoms with E-state index in [0.29, 0.717) is 5.76 Å². The summed E-state index contributed by atoms with van der Waals surface area (Å²) >= 11 is 0. The van der Waals surface area contributed by atoms with E-state index in [1.54, 1.807) is 12.1 Å². The molecule has 1 aromatic heterocycles. The molecule has 1 unspecified atom stereocenters. The maximum atomic E-state index is 11.9. The van der Waals surface area contributed by atoms with Gasteiger partial charge in [-0.25, -0.2) is 0 Å². The molecule has 19 heavy (non-hydrogen) atoms. The minimum Gasteiger partial charge on any atom is -0.459 e. The van der Waals surface area contributed by atoms with E-state index in [1.165, 1.54) is 25.5 Å². The largest absolute Gasteiger partial charge is 0.459 e. The molecule has 1 fully saturated rings. The van der Waals surface area contributed by atoms with Gasteiger partial charge >= 0.3 is 0 Å². The normalized spacial score (nSPS) is 20.4. The fraction of sp³-hybridized carbons (Fsp3) is 0.667. The summed E-state index contributed by atoms with van der Waals surface area (Å²) in [4.78, 5) is 14.4. The van der Waals surface area contributed by atoms with Crippen molar-refractivity contribution in [2.45, 2.75) is 45.1 Å². The van der Waals surface area contributed by atoms with Crippen LogP contribution in [0.3, 0.4) is 0 Å². The van der Waals surface area contributed by atoms with Gasteiger partial charge in [0.25, 0.3) is 5.91 Å². The van der Waals surface area contributed by atoms with Gasteiger partial charge in [0, 0.05) is 12.6 Å². The molecule has 1 N–H and O–H groups in total. The fourth-order valence-corrected chi connectivity index (χ4v) is 2.63. The van der Waals surface area contributed by atoms with Crippen molar-refractivity contribution < 1.29 is 9.21 Å². The number of unbranched alkanes of at least 4 members (excludes halogenated alkanes) is 2. The van der Waals surface area contributed by atoms with E-state index in [-0.39, 0.29) is 11.9 Å². The molecule has 1 atom stereocenters. The van der Waals surface area contributed by atoms with Gasteiger partial charge in [-0.3, -0.25) is 4.79 Å². The number of carbonyl (C=O) groups excluding carboxylic acids is 1. The monoisotopic (exact) mass is 264 g/mol. The standard InChI is InChI=1S/C15H24N2O2/c1-2-3-4-9-17-10-5-7-13(12-17)16-15(18)14-8-6-11-19-14/h6,8,11,13H,2-5,7,9-10,12H2,1H3,(H,16,18). The Labute approximate surface area is 115 Å². The summed E-state index contributed by atoms with van der Waals surface area (Å²) in [7, 11) is 0. The lowest BCUT2D eigenvalue weighted by Crippen LogP contribution is -2.47. The third kappa shape index (κ3) is 4.39. The summed E-state index contributed by atoms with van der Waals surface area (Å²) < 4.78 is 5.12. The smallest absolute Gasteiger partial charge is 0.287 e. The number of hydrogen-bond acceptors (Lipinski definition) is 3. The number of hydrogen-bond donors (Lipinski definition) is 1. The van der Waals surface area contributed by atoms with E-state index in [9.17, 15) is 4.79 Å². The topological polar surface area (TPSA) is 45.5 Å². The Bertz CT molecular complexity index is 376. The van der Waals surface area contributed by atoms with Crippen LogP contribution in [0.1, 0.15) is 49.6 Å². The van der Waals surface area contributed by atoms with Gasteiger partial charge in [-0.1, -0.05) is 19.8 Å². The molecule has 4 nitrogen and oxygen atoms in total. The molecular weight excluding hydrogens is 240 g/mol. The van der Waals surface area contributed by atoms with Gasteiger partial charge in [0.1, 0.15) is 0 Å². The highest BCUT2D eigenvalue weighted by atomic mass is 16.3. The van der Waals surface area contributed by atoms with Crippen LogP contribution in [0.15, 0.2) is 22.8 Å². The minimum absolute atomic E-state index is 0.0922. The first kappa shape index (κ1) is 14.1. The van der Waals surface area contributed by atoms with Crippen molar-refractivity contribution in [1.82, 2.24) is 10.2 Å². The first-order valence-corrected chi connectivity index (χ1v) is 7.36. The van der Waals surface area contributed by atoms with E-state index >= 15 is 0 Å². The Hall–Kier alpha value is -1.29. The number of nitrogens with one attached hydrogen (secondary N) is 1. The van der Waals surface area contributed by atoms with Crippen LogP contribution in [0.2, 0.25) is 0 Å². The van der Waals surface area contributed by atoms with Gasteiger partial charge < -0.3 is 14.6 Å². The van der Waals surface area contributed by atoms with Crippen molar-refractivity contribution in [2.75, 3.05) is 19.6 Å². The first-order chi connectivity index (χ1) is 9.29. The van der Waals surface area contributed by atoms with Gasteiger partial charge in [0.2, 0.25) is 0 Å². The van der Waals surface area contributed by atoms with Crippen molar-refractivity contribution in [3.05, 3.63) is 24.2 Å². The van der Waals surface area contributed by atoms with Crippen molar-refractivity contribution >= 4 is 5.91 Å². The second-order valence-electron chi connectivity index (χ2n) is 5.30. The number of piperidine rings is 1. The van der Waals surface area contributed by atoms with Gasteiger partial charge in [0.05, 0.1) is 6.26 Å². The predicted octanol–water partition coefficient (Wildman–Crippen LogP) is 2.66. The van der Waals surface area contributed by atoms with Crippen molar-refractivity contribution in [2.24, 2.45) is 0 Å². The highest BCUT2D eigenvalue weighted by Crippen LogP contribution is 2.12. The molecule has 1 aliphatic heterocycles. The number of likely N-dealkylation sites (tertiary alicyclic amines) is 1. The zero-order valence-corrected chi connectivity index (χ0v) is 11.7. The summed E-state index contributed by atoms with van der Waals surface area (Å²) in [5.74, 6) is 0.313. The van der Waals surface area contributed by atoms with Crippen molar-refractivity contribution in [3.8, 4) is 0 Å². The van der Waals surface area contributed by atoms with Crippen LogP contribution in [-0.4, -0.2) is 36.5 Å². The van der Waals surface area contributed by atoms with Crippen molar-refractivity contribution in [3.63, 3.8) is 0 Å². The fourth-order valence-electron chi connectivity index (χ4n) is 2.63. The molecule has 1 aliphatic rings. The molecule has 0 saturated carbocycles. The molecule has 1 saturated heterocycles. The molecule has 0 radical (unpaired) electrons. The molecule has 2 heterocycles. The summed E-state index contributed by atoms with van der Waals surface area (Å²) in [5.41, 5.74) is 0. The van der Waals surface area contributed by atoms with Crippen LogP contribution in [0, 0.1) is 0 Å². The molecule has 2 rings (SSSR count). The van der Waals surface area contributed by atoms with Gasteiger partial charge in [-0.15, -0.1) is 0 Å². The van der Waals surface area contributed by atoms with Crippen LogP contribution in [0.25, 0.3) is 0 Å². The highest BCUT2D eigenvalue weighted by molar-refractivity contribution is 5.91. The molecular formula is C15H24N2O2. The van der Waals surface area contributed by atoms with Crippen LogP contribution in [0.4, 0.5) is 0 Å². The van der Waals surface area contributed by atoms with Gasteiger partial charge in [-0.05, 0) is 44.5 Å². The Morgan fingerprint density at radius 3 is 3.16 bits per heavy atom. The van der Waals surface area contributed by atoms with Gasteiger partial charge in [-0.2, -0.15) is 0 Å². The summed E-state index contributed by atoms with van der Waals surface area (Å²) in [6, 6.07) is 3.71. The molecule has 4 heteroatoms. The number of furan rings is 1. The molecule has 0 spiro atoms. The maximum Gasteiger partial charge on any atom is 0.287 e. The number of carbonyl (C=O) groups is 1. The molecule has 0 aromatic carbocycles. The third-order valence-corrected chi connectivity index (χ3v) is 3.66. The van der Waals surface area contributed by atoms with Gasteiger partial charge in [0.15, 0.2) is 5.76 Å². The molecule has 106 valence electrons. The minimum atomic E-state index is -0.0922. The SMILES string of the molecule is CCCCCN1CCCC(NC(=O)c2ccco2)C1. The first-order valence-electron chi connectivity index (χ1n) is 7.36. The Morgan fingerprint density at radius 1 is 1.53 bits per heavy atom. The number of nitrogens with zero attached hydrogens (tertiary/aromatic N) is 1. The number of amides is 1. The second kappa shape index (κ2) is 7.34. The maximum absolute atomic E-state index is 11.9. The number of rotatable bonds is 6. The second-order valence-corrected chi connectivity index (χ2v) is 5.30. The van der Waals surface area contributed by atoms with Crippen LogP contribution in [0.5, 0.6) is 0 Å². The summed E-state index contributed by atoms with van der Waals surface area (Å²) in [6.45, 7) is 5.51. The van der Waals surface area contributed by atoms with Crippen molar-refractivity contribution in [1.29, 1.82) is 0 Å². The van der Waals surface area contributed by atoms with E-state index in [1.807, 2.05) is 0 Å². The molecule has 1 amide bonds. The average Bonchev–Trinajstić information content (AvgIpc) is 2.93. The van der Waals surface area contributed by atoms with E-state index in [4.69, 9.17) is 4.42 Å². The lowest BCUT2D eigenvalue weighted by Gasteiger charge is -2.32. The third-order valence-electron chi connectivity index (χ3n) is 3.66. The lowest BCUT2D eigenvalue weighted by molar-refractivity contribution is 0.0875. The lowest BCUT2D eigenvalue weighted by atomic mass is 10.0.